The van der Waals surface area contributed by atoms with Gasteiger partial charge in [-0.1, -0.05) is 36.9 Å². The SMILES string of the molecule is O=[N+]([O-])c1cccc(Cl)c1NCC1CCCCC1. The zero-order valence-corrected chi connectivity index (χ0v) is 10.9. The third-order valence-electron chi connectivity index (χ3n) is 3.48. The van der Waals surface area contributed by atoms with Gasteiger partial charge in [-0.3, -0.25) is 10.1 Å². The second kappa shape index (κ2) is 6.05. The Bertz CT molecular complexity index is 431. The lowest BCUT2D eigenvalue weighted by atomic mass is 9.89. The van der Waals surface area contributed by atoms with E-state index in [-0.39, 0.29) is 5.69 Å². The smallest absolute Gasteiger partial charge is 0.293 e. The van der Waals surface area contributed by atoms with Crippen molar-refractivity contribution in [3.63, 3.8) is 0 Å². The van der Waals surface area contributed by atoms with Gasteiger partial charge in [0.05, 0.1) is 9.95 Å². The standard InChI is InChI=1S/C13H17ClN2O2/c14-11-7-4-8-12(16(17)18)13(11)15-9-10-5-2-1-3-6-10/h4,7-8,10,15H,1-3,5-6,9H2. The average molecular weight is 269 g/mol. The summed E-state index contributed by atoms with van der Waals surface area (Å²) in [7, 11) is 0. The van der Waals surface area contributed by atoms with Gasteiger partial charge in [-0.05, 0) is 24.8 Å². The van der Waals surface area contributed by atoms with Gasteiger partial charge < -0.3 is 5.32 Å². The summed E-state index contributed by atoms with van der Waals surface area (Å²) in [6, 6.07) is 4.76. The van der Waals surface area contributed by atoms with E-state index in [9.17, 15) is 10.1 Å². The van der Waals surface area contributed by atoms with Crippen LogP contribution in [-0.2, 0) is 0 Å². The molecule has 0 bridgehead atoms. The van der Waals surface area contributed by atoms with Crippen LogP contribution in [0.2, 0.25) is 5.02 Å². The maximum Gasteiger partial charge on any atom is 0.293 e. The molecule has 1 N–H and O–H groups in total. The van der Waals surface area contributed by atoms with Gasteiger partial charge in [-0.25, -0.2) is 0 Å². The summed E-state index contributed by atoms with van der Waals surface area (Å²) in [5, 5.41) is 14.5. The van der Waals surface area contributed by atoms with E-state index in [1.165, 1.54) is 38.2 Å². The fourth-order valence-corrected chi connectivity index (χ4v) is 2.71. The molecule has 18 heavy (non-hydrogen) atoms. The molecule has 0 amide bonds. The molecular formula is C13H17ClN2O2. The first kappa shape index (κ1) is 13.1. The Morgan fingerprint density at radius 2 is 2.06 bits per heavy atom. The van der Waals surface area contributed by atoms with Crippen LogP contribution in [0, 0.1) is 16.0 Å². The van der Waals surface area contributed by atoms with Crippen molar-refractivity contribution >= 4 is 23.0 Å². The van der Waals surface area contributed by atoms with Gasteiger partial charge in [-0.15, -0.1) is 0 Å². The summed E-state index contributed by atoms with van der Waals surface area (Å²) in [4.78, 5) is 10.5. The molecule has 0 atom stereocenters. The highest BCUT2D eigenvalue weighted by atomic mass is 35.5. The Morgan fingerprint density at radius 1 is 1.33 bits per heavy atom. The van der Waals surface area contributed by atoms with E-state index >= 15 is 0 Å². The summed E-state index contributed by atoms with van der Waals surface area (Å²) in [5.41, 5.74) is 0.507. The number of nitrogens with zero attached hydrogens (tertiary/aromatic N) is 1. The molecule has 1 aliphatic carbocycles. The maximum atomic E-state index is 10.9. The van der Waals surface area contributed by atoms with Crippen LogP contribution in [0.3, 0.4) is 0 Å². The molecule has 0 spiro atoms. The lowest BCUT2D eigenvalue weighted by Gasteiger charge is -2.22. The zero-order valence-electron chi connectivity index (χ0n) is 10.2. The number of para-hydroxylation sites is 1. The van der Waals surface area contributed by atoms with Crippen molar-refractivity contribution in [1.29, 1.82) is 0 Å². The molecule has 0 aliphatic heterocycles. The van der Waals surface area contributed by atoms with E-state index in [4.69, 9.17) is 11.6 Å². The number of nitro groups is 1. The molecule has 1 saturated carbocycles. The molecule has 1 aliphatic rings. The quantitative estimate of drug-likeness (QED) is 0.656. The van der Waals surface area contributed by atoms with Crippen LogP contribution in [0.25, 0.3) is 0 Å². The van der Waals surface area contributed by atoms with E-state index in [0.29, 0.717) is 16.6 Å². The predicted octanol–water partition coefficient (Wildman–Crippen LogP) is 4.24. The largest absolute Gasteiger partial charge is 0.378 e. The van der Waals surface area contributed by atoms with E-state index in [0.717, 1.165) is 6.54 Å². The van der Waals surface area contributed by atoms with E-state index in [1.807, 2.05) is 0 Å². The van der Waals surface area contributed by atoms with E-state index < -0.39 is 4.92 Å². The van der Waals surface area contributed by atoms with Gasteiger partial charge in [-0.2, -0.15) is 0 Å². The Balaban J connectivity index is 2.05. The Labute approximate surface area is 111 Å². The normalized spacial score (nSPS) is 16.5. The second-order valence-electron chi connectivity index (χ2n) is 4.78. The number of anilines is 1. The number of benzene rings is 1. The lowest BCUT2D eigenvalue weighted by Crippen LogP contribution is -2.17. The monoisotopic (exact) mass is 268 g/mol. The minimum absolute atomic E-state index is 0.0540. The van der Waals surface area contributed by atoms with Crippen molar-refractivity contribution in [2.75, 3.05) is 11.9 Å². The second-order valence-corrected chi connectivity index (χ2v) is 5.18. The van der Waals surface area contributed by atoms with Gasteiger partial charge in [0.15, 0.2) is 0 Å². The molecule has 0 saturated heterocycles. The maximum absolute atomic E-state index is 10.9. The predicted molar refractivity (Wildman–Crippen MR) is 73.2 cm³/mol. The van der Waals surface area contributed by atoms with Crippen molar-refractivity contribution in [3.8, 4) is 0 Å². The summed E-state index contributed by atoms with van der Waals surface area (Å²) in [6.07, 6.45) is 6.23. The summed E-state index contributed by atoms with van der Waals surface area (Å²) >= 11 is 6.02. The molecule has 4 nitrogen and oxygen atoms in total. The first-order valence-corrected chi connectivity index (χ1v) is 6.73. The van der Waals surface area contributed by atoms with E-state index in [1.54, 1.807) is 12.1 Å². The number of nitrogens with one attached hydrogen (secondary N) is 1. The Hall–Kier alpha value is -1.29. The highest BCUT2D eigenvalue weighted by Crippen LogP contribution is 2.33. The summed E-state index contributed by atoms with van der Waals surface area (Å²) in [6.45, 7) is 0.768. The molecule has 98 valence electrons. The van der Waals surface area contributed by atoms with Crippen LogP contribution in [-0.4, -0.2) is 11.5 Å². The first-order chi connectivity index (χ1) is 8.68. The number of hydrogen-bond acceptors (Lipinski definition) is 3. The highest BCUT2D eigenvalue weighted by molar-refractivity contribution is 6.33. The minimum atomic E-state index is -0.394. The first-order valence-electron chi connectivity index (χ1n) is 6.35. The van der Waals surface area contributed by atoms with Crippen molar-refractivity contribution in [2.24, 2.45) is 5.92 Å². The van der Waals surface area contributed by atoms with Gasteiger partial charge >= 0.3 is 0 Å². The average Bonchev–Trinajstić information content (AvgIpc) is 2.38. The molecule has 1 aromatic carbocycles. The van der Waals surface area contributed by atoms with Crippen LogP contribution in [0.15, 0.2) is 18.2 Å². The van der Waals surface area contributed by atoms with Crippen LogP contribution < -0.4 is 5.32 Å². The fraction of sp³-hybridized carbons (Fsp3) is 0.538. The molecule has 5 heteroatoms. The number of rotatable bonds is 4. The molecule has 1 aromatic rings. The summed E-state index contributed by atoms with van der Waals surface area (Å²) in [5.74, 6) is 0.606. The topological polar surface area (TPSA) is 55.2 Å². The molecule has 0 aromatic heterocycles. The lowest BCUT2D eigenvalue weighted by molar-refractivity contribution is -0.383. The zero-order chi connectivity index (χ0) is 13.0. The Kier molecular flexibility index (Phi) is 4.42. The molecule has 0 radical (unpaired) electrons. The van der Waals surface area contributed by atoms with Gasteiger partial charge in [0.2, 0.25) is 0 Å². The minimum Gasteiger partial charge on any atom is -0.378 e. The molecule has 2 rings (SSSR count). The number of halogens is 1. The van der Waals surface area contributed by atoms with Gasteiger partial charge in [0, 0.05) is 12.6 Å². The van der Waals surface area contributed by atoms with Crippen LogP contribution in [0.5, 0.6) is 0 Å². The molecule has 1 fully saturated rings. The van der Waals surface area contributed by atoms with E-state index in [2.05, 4.69) is 5.32 Å². The summed E-state index contributed by atoms with van der Waals surface area (Å²) < 4.78 is 0. The van der Waals surface area contributed by atoms with Gasteiger partial charge in [0.25, 0.3) is 5.69 Å². The number of hydrogen-bond donors (Lipinski definition) is 1. The highest BCUT2D eigenvalue weighted by Gasteiger charge is 2.19. The van der Waals surface area contributed by atoms with Crippen LogP contribution >= 0.6 is 11.6 Å². The van der Waals surface area contributed by atoms with Crippen LogP contribution in [0.4, 0.5) is 11.4 Å². The van der Waals surface area contributed by atoms with Crippen molar-refractivity contribution in [3.05, 3.63) is 33.3 Å². The van der Waals surface area contributed by atoms with Crippen molar-refractivity contribution in [1.82, 2.24) is 0 Å². The third kappa shape index (κ3) is 3.13. The molecule has 0 unspecified atom stereocenters. The number of nitro benzene ring substituents is 1. The third-order valence-corrected chi connectivity index (χ3v) is 3.80. The van der Waals surface area contributed by atoms with Crippen molar-refractivity contribution < 1.29 is 4.92 Å². The molecular weight excluding hydrogens is 252 g/mol. The fourth-order valence-electron chi connectivity index (χ4n) is 2.48. The van der Waals surface area contributed by atoms with Crippen molar-refractivity contribution in [2.45, 2.75) is 32.1 Å². The Morgan fingerprint density at radius 3 is 2.72 bits per heavy atom. The molecule has 0 heterocycles. The van der Waals surface area contributed by atoms with Crippen LogP contribution in [0.1, 0.15) is 32.1 Å². The van der Waals surface area contributed by atoms with Gasteiger partial charge in [0.1, 0.15) is 5.69 Å².